The summed E-state index contributed by atoms with van der Waals surface area (Å²) in [5, 5.41) is 3.57. The Labute approximate surface area is 197 Å². The number of nitrogens with one attached hydrogen (secondary N) is 1. The fraction of sp³-hybridized carbons (Fsp3) is 0.571. The molecule has 0 aromatic heterocycles. The molecule has 5 heteroatoms. The van der Waals surface area contributed by atoms with Gasteiger partial charge in [-0.05, 0) is 47.8 Å². The predicted molar refractivity (Wildman–Crippen MR) is 129 cm³/mol. The van der Waals surface area contributed by atoms with Gasteiger partial charge in [0, 0.05) is 41.3 Å². The molecule has 3 aliphatic rings. The maximum Gasteiger partial charge on any atom is 0.162 e. The molecule has 178 valence electrons. The first-order valence-electron chi connectivity index (χ1n) is 12.2. The van der Waals surface area contributed by atoms with Crippen LogP contribution in [0.1, 0.15) is 84.6 Å². The Hall–Kier alpha value is -2.56. The summed E-state index contributed by atoms with van der Waals surface area (Å²) >= 11 is 0. The molecule has 1 N–H and O–H groups in total. The van der Waals surface area contributed by atoms with Crippen molar-refractivity contribution in [3.05, 3.63) is 46.3 Å². The molecule has 0 saturated heterocycles. The van der Waals surface area contributed by atoms with Crippen LogP contribution < -0.4 is 14.8 Å². The predicted octanol–water partition coefficient (Wildman–Crippen LogP) is 5.85. The minimum absolute atomic E-state index is 0.103. The minimum atomic E-state index is -0.359. The zero-order chi connectivity index (χ0) is 24.0. The third kappa shape index (κ3) is 4.60. The van der Waals surface area contributed by atoms with E-state index in [9.17, 15) is 9.59 Å². The Kier molecular flexibility index (Phi) is 6.19. The van der Waals surface area contributed by atoms with E-state index in [1.807, 2.05) is 18.2 Å². The maximum atomic E-state index is 13.4. The molecule has 2 aliphatic carbocycles. The number of unbranched alkanes of at least 4 members (excludes halogenated alkanes) is 1. The zero-order valence-corrected chi connectivity index (χ0v) is 20.9. The molecule has 0 unspecified atom stereocenters. The smallest absolute Gasteiger partial charge is 0.162 e. The fourth-order valence-electron chi connectivity index (χ4n) is 5.53. The second-order valence-electron chi connectivity index (χ2n) is 11.3. The van der Waals surface area contributed by atoms with Crippen molar-refractivity contribution in [1.29, 1.82) is 0 Å². The van der Waals surface area contributed by atoms with Crippen LogP contribution in [-0.4, -0.2) is 25.3 Å². The summed E-state index contributed by atoms with van der Waals surface area (Å²) in [5.41, 5.74) is 4.17. The Balaban J connectivity index is 1.83. The largest absolute Gasteiger partial charge is 0.493 e. The summed E-state index contributed by atoms with van der Waals surface area (Å²) in [6.45, 7) is 11.3. The van der Waals surface area contributed by atoms with E-state index in [4.69, 9.17) is 9.47 Å². The number of dihydropyridines is 1. The molecule has 4 rings (SSSR count). The van der Waals surface area contributed by atoms with E-state index in [2.05, 4.69) is 39.9 Å². The lowest BCUT2D eigenvalue weighted by Crippen LogP contribution is -2.42. The van der Waals surface area contributed by atoms with Crippen LogP contribution in [0.2, 0.25) is 0 Å². The second-order valence-corrected chi connectivity index (χ2v) is 11.3. The summed E-state index contributed by atoms with van der Waals surface area (Å²) in [7, 11) is 1.63. The first kappa shape index (κ1) is 23.6. The van der Waals surface area contributed by atoms with E-state index < -0.39 is 0 Å². The molecular weight excluding hydrogens is 414 g/mol. The fourth-order valence-corrected chi connectivity index (χ4v) is 5.53. The Morgan fingerprint density at radius 1 is 0.909 bits per heavy atom. The van der Waals surface area contributed by atoms with Gasteiger partial charge in [0.1, 0.15) is 0 Å². The molecule has 1 heterocycles. The lowest BCUT2D eigenvalue weighted by Gasteiger charge is -2.44. The Morgan fingerprint density at radius 2 is 1.48 bits per heavy atom. The van der Waals surface area contributed by atoms with Gasteiger partial charge in [-0.15, -0.1) is 0 Å². The SMILES string of the molecule is CCCCOc1ccc(C2C3=C(CC(C)(C)CC3=O)NC3=C2C(=O)CC(C)(C)C3)cc1OC. The normalized spacial score (nSPS) is 22.0. The number of carbonyl (C=O) groups excluding carboxylic acids is 2. The molecule has 0 saturated carbocycles. The molecule has 0 amide bonds. The Bertz CT molecular complexity index is 992. The van der Waals surface area contributed by atoms with Gasteiger partial charge in [0.2, 0.25) is 0 Å². The number of hydrogen-bond donors (Lipinski definition) is 1. The molecule has 1 aromatic rings. The highest BCUT2D eigenvalue weighted by Gasteiger charge is 2.46. The van der Waals surface area contributed by atoms with Gasteiger partial charge in [0.15, 0.2) is 23.1 Å². The standard InChI is InChI=1S/C28H37NO4/c1-7-8-11-33-22-10-9-17(12-23(22)32-6)24-25-18(13-27(2,3)15-20(25)30)29-19-14-28(4,5)16-21(31)26(19)24/h9-10,12,24,29H,7-8,11,13-16H2,1-6H3. The van der Waals surface area contributed by atoms with Crippen LogP contribution in [0.3, 0.4) is 0 Å². The van der Waals surface area contributed by atoms with Crippen LogP contribution >= 0.6 is 0 Å². The summed E-state index contributed by atoms with van der Waals surface area (Å²) in [4.78, 5) is 26.9. The van der Waals surface area contributed by atoms with Gasteiger partial charge < -0.3 is 14.8 Å². The maximum absolute atomic E-state index is 13.4. The van der Waals surface area contributed by atoms with Gasteiger partial charge in [-0.2, -0.15) is 0 Å². The van der Waals surface area contributed by atoms with Gasteiger partial charge in [0.25, 0.3) is 0 Å². The van der Waals surface area contributed by atoms with E-state index in [0.29, 0.717) is 30.9 Å². The molecule has 1 aromatic carbocycles. The topological polar surface area (TPSA) is 64.6 Å². The molecule has 0 atom stereocenters. The van der Waals surface area contributed by atoms with E-state index in [0.717, 1.165) is 53.8 Å². The van der Waals surface area contributed by atoms with Crippen molar-refractivity contribution in [2.45, 2.75) is 79.1 Å². The first-order valence-corrected chi connectivity index (χ1v) is 12.2. The van der Waals surface area contributed by atoms with E-state index in [1.54, 1.807) is 7.11 Å². The quantitative estimate of drug-likeness (QED) is 0.550. The summed E-state index contributed by atoms with van der Waals surface area (Å²) in [5.74, 6) is 1.23. The molecule has 33 heavy (non-hydrogen) atoms. The number of methoxy groups -OCH3 is 1. The van der Waals surface area contributed by atoms with Crippen molar-refractivity contribution in [3.8, 4) is 11.5 Å². The van der Waals surface area contributed by atoms with Crippen LogP contribution in [0.15, 0.2) is 40.7 Å². The lowest BCUT2D eigenvalue weighted by atomic mass is 9.64. The zero-order valence-electron chi connectivity index (χ0n) is 20.9. The molecule has 0 bridgehead atoms. The third-order valence-electron chi connectivity index (χ3n) is 7.00. The highest BCUT2D eigenvalue weighted by molar-refractivity contribution is 6.06. The van der Waals surface area contributed by atoms with E-state index >= 15 is 0 Å². The van der Waals surface area contributed by atoms with Crippen molar-refractivity contribution in [2.75, 3.05) is 13.7 Å². The van der Waals surface area contributed by atoms with Gasteiger partial charge in [-0.25, -0.2) is 0 Å². The van der Waals surface area contributed by atoms with E-state index in [-0.39, 0.29) is 28.3 Å². The van der Waals surface area contributed by atoms with Crippen molar-refractivity contribution < 1.29 is 19.1 Å². The van der Waals surface area contributed by atoms with Gasteiger partial charge in [-0.1, -0.05) is 47.1 Å². The van der Waals surface area contributed by atoms with Crippen molar-refractivity contribution >= 4 is 11.6 Å². The molecule has 0 spiro atoms. The van der Waals surface area contributed by atoms with Crippen LogP contribution in [0.4, 0.5) is 0 Å². The highest BCUT2D eigenvalue weighted by atomic mass is 16.5. The molecule has 5 nitrogen and oxygen atoms in total. The summed E-state index contributed by atoms with van der Waals surface area (Å²) in [6.07, 6.45) is 4.60. The number of ether oxygens (including phenoxy) is 2. The first-order chi connectivity index (χ1) is 15.5. The monoisotopic (exact) mass is 451 g/mol. The molecule has 0 fully saturated rings. The minimum Gasteiger partial charge on any atom is -0.493 e. The van der Waals surface area contributed by atoms with Gasteiger partial charge >= 0.3 is 0 Å². The number of Topliss-reactive ketones (excluding diaryl/α,β-unsaturated/α-hetero) is 2. The number of hydrogen-bond acceptors (Lipinski definition) is 5. The van der Waals surface area contributed by atoms with Crippen LogP contribution in [0.5, 0.6) is 11.5 Å². The molecule has 1 aliphatic heterocycles. The average Bonchev–Trinajstić information content (AvgIpc) is 2.70. The molecule has 0 radical (unpaired) electrons. The van der Waals surface area contributed by atoms with Gasteiger partial charge in [0.05, 0.1) is 13.7 Å². The summed E-state index contributed by atoms with van der Waals surface area (Å²) < 4.78 is 11.6. The number of ketones is 2. The Morgan fingerprint density at radius 3 is 2.00 bits per heavy atom. The molecular formula is C28H37NO4. The van der Waals surface area contributed by atoms with Gasteiger partial charge in [-0.3, -0.25) is 9.59 Å². The number of carbonyl (C=O) groups is 2. The third-order valence-corrected chi connectivity index (χ3v) is 7.00. The average molecular weight is 452 g/mol. The van der Waals surface area contributed by atoms with E-state index in [1.165, 1.54) is 0 Å². The number of allylic oxidation sites excluding steroid dienone is 4. The van der Waals surface area contributed by atoms with Crippen molar-refractivity contribution in [2.24, 2.45) is 10.8 Å². The summed E-state index contributed by atoms with van der Waals surface area (Å²) in [6, 6.07) is 5.86. The van der Waals surface area contributed by atoms with Crippen LogP contribution in [-0.2, 0) is 9.59 Å². The highest BCUT2D eigenvalue weighted by Crippen LogP contribution is 2.51. The lowest BCUT2D eigenvalue weighted by molar-refractivity contribution is -0.119. The van der Waals surface area contributed by atoms with Crippen molar-refractivity contribution in [3.63, 3.8) is 0 Å². The second kappa shape index (κ2) is 8.66. The number of benzene rings is 1. The van der Waals surface area contributed by atoms with Crippen molar-refractivity contribution in [1.82, 2.24) is 5.32 Å². The van der Waals surface area contributed by atoms with Crippen LogP contribution in [0, 0.1) is 10.8 Å². The van der Waals surface area contributed by atoms with Crippen LogP contribution in [0.25, 0.3) is 0 Å². The number of rotatable bonds is 6.